The van der Waals surface area contributed by atoms with Crippen LogP contribution in [0, 0.1) is 0 Å². The summed E-state index contributed by atoms with van der Waals surface area (Å²) in [4.78, 5) is 6.76. The van der Waals surface area contributed by atoms with Gasteiger partial charge in [-0.25, -0.2) is 0 Å². The molecule has 1 aliphatic heterocycles. The Labute approximate surface area is 125 Å². The number of hydrogen-bond acceptors (Lipinski definition) is 5. The molecule has 1 unspecified atom stereocenters. The molecule has 1 heterocycles. The van der Waals surface area contributed by atoms with Crippen molar-refractivity contribution in [3.8, 4) is 11.5 Å². The van der Waals surface area contributed by atoms with Gasteiger partial charge in [0, 0.05) is 11.6 Å². The summed E-state index contributed by atoms with van der Waals surface area (Å²) in [5, 5.41) is 0. The van der Waals surface area contributed by atoms with Gasteiger partial charge in [-0.15, -0.1) is 0 Å². The molecule has 1 saturated carbocycles. The standard InChI is InChI=1S/C16H23N3O2/c1-20-12-7-8-15(21-2)13(9-12)14-10-18-16(17)19(14)11-5-3-4-6-11/h7-9,11,14H,3-6,10H2,1-2H3,(H2,17,18). The summed E-state index contributed by atoms with van der Waals surface area (Å²) in [6, 6.07) is 6.56. The zero-order valence-electron chi connectivity index (χ0n) is 12.7. The summed E-state index contributed by atoms with van der Waals surface area (Å²) >= 11 is 0. The zero-order chi connectivity index (χ0) is 14.8. The quantitative estimate of drug-likeness (QED) is 0.924. The van der Waals surface area contributed by atoms with Gasteiger partial charge in [-0.3, -0.25) is 4.99 Å². The minimum Gasteiger partial charge on any atom is -0.497 e. The third kappa shape index (κ3) is 2.52. The number of rotatable bonds is 4. The van der Waals surface area contributed by atoms with Crippen molar-refractivity contribution in [3.63, 3.8) is 0 Å². The van der Waals surface area contributed by atoms with Crippen molar-refractivity contribution in [2.75, 3.05) is 20.8 Å². The predicted molar refractivity (Wildman–Crippen MR) is 82.9 cm³/mol. The van der Waals surface area contributed by atoms with E-state index in [-0.39, 0.29) is 6.04 Å². The van der Waals surface area contributed by atoms with Crippen LogP contribution in [0.15, 0.2) is 23.2 Å². The number of benzene rings is 1. The molecule has 2 N–H and O–H groups in total. The number of guanidine groups is 1. The highest BCUT2D eigenvalue weighted by Gasteiger charge is 2.36. The fraction of sp³-hybridized carbons (Fsp3) is 0.562. The molecule has 0 amide bonds. The molecule has 0 aromatic heterocycles. The maximum Gasteiger partial charge on any atom is 0.192 e. The Balaban J connectivity index is 1.94. The van der Waals surface area contributed by atoms with Gasteiger partial charge in [-0.2, -0.15) is 0 Å². The molecule has 0 radical (unpaired) electrons. The van der Waals surface area contributed by atoms with Crippen LogP contribution in [0.1, 0.15) is 37.3 Å². The lowest BCUT2D eigenvalue weighted by Crippen LogP contribution is -2.42. The lowest BCUT2D eigenvalue weighted by atomic mass is 10.0. The van der Waals surface area contributed by atoms with Crippen LogP contribution in [-0.4, -0.2) is 37.7 Å². The van der Waals surface area contributed by atoms with Crippen molar-refractivity contribution in [2.45, 2.75) is 37.8 Å². The number of nitrogens with zero attached hydrogens (tertiary/aromatic N) is 2. The average Bonchev–Trinajstić information content (AvgIpc) is 3.15. The predicted octanol–water partition coefficient (Wildman–Crippen LogP) is 2.32. The fourth-order valence-corrected chi connectivity index (χ4v) is 3.48. The first kappa shape index (κ1) is 14.0. The second kappa shape index (κ2) is 5.84. The number of hydrogen-bond donors (Lipinski definition) is 1. The Morgan fingerprint density at radius 1 is 1.19 bits per heavy atom. The van der Waals surface area contributed by atoms with Gasteiger partial charge in [0.15, 0.2) is 5.96 Å². The van der Waals surface area contributed by atoms with E-state index >= 15 is 0 Å². The molecule has 114 valence electrons. The first-order valence-corrected chi connectivity index (χ1v) is 7.54. The Bertz CT molecular complexity index is 538. The monoisotopic (exact) mass is 289 g/mol. The van der Waals surface area contributed by atoms with Gasteiger partial charge in [0.05, 0.1) is 26.8 Å². The molecule has 1 aromatic carbocycles. The first-order chi connectivity index (χ1) is 10.2. The molecule has 1 aliphatic carbocycles. The van der Waals surface area contributed by atoms with Gasteiger partial charge in [0.2, 0.25) is 0 Å². The van der Waals surface area contributed by atoms with Crippen molar-refractivity contribution < 1.29 is 9.47 Å². The van der Waals surface area contributed by atoms with Crippen molar-refractivity contribution in [2.24, 2.45) is 10.7 Å². The molecule has 3 rings (SSSR count). The zero-order valence-corrected chi connectivity index (χ0v) is 12.7. The second-order valence-electron chi connectivity index (χ2n) is 5.67. The van der Waals surface area contributed by atoms with Crippen molar-refractivity contribution in [3.05, 3.63) is 23.8 Å². The van der Waals surface area contributed by atoms with Crippen LogP contribution in [0.2, 0.25) is 0 Å². The van der Waals surface area contributed by atoms with E-state index < -0.39 is 0 Å². The smallest absolute Gasteiger partial charge is 0.192 e. The summed E-state index contributed by atoms with van der Waals surface area (Å²) < 4.78 is 10.9. The maximum absolute atomic E-state index is 6.15. The molecule has 5 nitrogen and oxygen atoms in total. The Morgan fingerprint density at radius 2 is 1.95 bits per heavy atom. The molecule has 1 fully saturated rings. The van der Waals surface area contributed by atoms with Crippen LogP contribution < -0.4 is 15.2 Å². The van der Waals surface area contributed by atoms with E-state index in [1.54, 1.807) is 14.2 Å². The summed E-state index contributed by atoms with van der Waals surface area (Å²) in [7, 11) is 3.38. The largest absolute Gasteiger partial charge is 0.497 e. The third-order valence-electron chi connectivity index (χ3n) is 4.54. The lowest BCUT2D eigenvalue weighted by Gasteiger charge is -2.33. The second-order valence-corrected chi connectivity index (χ2v) is 5.67. The lowest BCUT2D eigenvalue weighted by molar-refractivity contribution is 0.256. The van der Waals surface area contributed by atoms with Crippen LogP contribution >= 0.6 is 0 Å². The number of aliphatic imine (C=N–C) groups is 1. The van der Waals surface area contributed by atoms with E-state index in [0.717, 1.165) is 17.1 Å². The summed E-state index contributed by atoms with van der Waals surface area (Å²) in [5.74, 6) is 2.37. The van der Waals surface area contributed by atoms with Gasteiger partial charge in [0.1, 0.15) is 11.5 Å². The molecular formula is C16H23N3O2. The highest BCUT2D eigenvalue weighted by atomic mass is 16.5. The Hall–Kier alpha value is -1.91. The Kier molecular flexibility index (Phi) is 3.90. The highest BCUT2D eigenvalue weighted by Crippen LogP contribution is 2.38. The topological polar surface area (TPSA) is 60.1 Å². The average molecular weight is 289 g/mol. The summed E-state index contributed by atoms with van der Waals surface area (Å²) in [6.45, 7) is 0.686. The van der Waals surface area contributed by atoms with Gasteiger partial charge >= 0.3 is 0 Å². The van der Waals surface area contributed by atoms with Crippen molar-refractivity contribution >= 4 is 5.96 Å². The molecule has 1 atom stereocenters. The molecule has 21 heavy (non-hydrogen) atoms. The third-order valence-corrected chi connectivity index (χ3v) is 4.54. The maximum atomic E-state index is 6.15. The number of ether oxygens (including phenoxy) is 2. The van der Waals surface area contributed by atoms with Crippen molar-refractivity contribution in [1.29, 1.82) is 0 Å². The highest BCUT2D eigenvalue weighted by molar-refractivity contribution is 5.81. The van der Waals surface area contributed by atoms with Gasteiger partial charge < -0.3 is 20.1 Å². The summed E-state index contributed by atoms with van der Waals surface area (Å²) in [6.07, 6.45) is 4.94. The van der Waals surface area contributed by atoms with E-state index in [4.69, 9.17) is 15.2 Å². The van der Waals surface area contributed by atoms with E-state index in [2.05, 4.69) is 9.89 Å². The molecule has 2 aliphatic rings. The molecule has 1 aromatic rings. The van der Waals surface area contributed by atoms with E-state index in [1.807, 2.05) is 18.2 Å². The van der Waals surface area contributed by atoms with Gasteiger partial charge in [0.25, 0.3) is 0 Å². The molecular weight excluding hydrogens is 266 g/mol. The van der Waals surface area contributed by atoms with E-state index in [1.165, 1.54) is 25.7 Å². The minimum atomic E-state index is 0.151. The number of methoxy groups -OCH3 is 2. The minimum absolute atomic E-state index is 0.151. The fourth-order valence-electron chi connectivity index (χ4n) is 3.48. The molecule has 0 bridgehead atoms. The SMILES string of the molecule is COc1ccc(OC)c(C2CN=C(N)N2C2CCCC2)c1. The van der Waals surface area contributed by atoms with Crippen LogP contribution in [0.3, 0.4) is 0 Å². The molecule has 0 spiro atoms. The van der Waals surface area contributed by atoms with Gasteiger partial charge in [-0.1, -0.05) is 12.8 Å². The van der Waals surface area contributed by atoms with Crippen LogP contribution in [0.4, 0.5) is 0 Å². The first-order valence-electron chi connectivity index (χ1n) is 7.54. The Morgan fingerprint density at radius 3 is 2.62 bits per heavy atom. The molecule has 0 saturated heterocycles. The van der Waals surface area contributed by atoms with Crippen LogP contribution in [0.5, 0.6) is 11.5 Å². The van der Waals surface area contributed by atoms with Crippen LogP contribution in [-0.2, 0) is 0 Å². The molecule has 5 heteroatoms. The van der Waals surface area contributed by atoms with Crippen LogP contribution in [0.25, 0.3) is 0 Å². The van der Waals surface area contributed by atoms with Crippen molar-refractivity contribution in [1.82, 2.24) is 4.90 Å². The van der Waals surface area contributed by atoms with E-state index in [9.17, 15) is 0 Å². The summed E-state index contributed by atoms with van der Waals surface area (Å²) in [5.41, 5.74) is 7.26. The normalized spacial score (nSPS) is 22.5. The number of nitrogens with two attached hydrogens (primary N) is 1. The van der Waals surface area contributed by atoms with Gasteiger partial charge in [-0.05, 0) is 31.0 Å². The van der Waals surface area contributed by atoms with E-state index in [0.29, 0.717) is 18.5 Å².